The van der Waals surface area contributed by atoms with Gasteiger partial charge in [0.25, 0.3) is 0 Å². The predicted molar refractivity (Wildman–Crippen MR) is 125 cm³/mol. The third-order valence-electron chi connectivity index (χ3n) is 5.53. The summed E-state index contributed by atoms with van der Waals surface area (Å²) >= 11 is 0. The summed E-state index contributed by atoms with van der Waals surface area (Å²) in [6.45, 7) is 3.04. The van der Waals surface area contributed by atoms with E-state index in [1.165, 1.54) is 6.26 Å². The minimum Gasteiger partial charge on any atom is -0.443 e. The highest BCUT2D eigenvalue weighted by Crippen LogP contribution is 2.33. The van der Waals surface area contributed by atoms with Crippen molar-refractivity contribution in [2.45, 2.75) is 25.9 Å². The second kappa shape index (κ2) is 9.16. The maximum Gasteiger partial charge on any atom is 0.245 e. The van der Waals surface area contributed by atoms with Crippen LogP contribution >= 0.6 is 12.4 Å². The van der Waals surface area contributed by atoms with Crippen molar-refractivity contribution in [1.29, 1.82) is 0 Å². The van der Waals surface area contributed by atoms with Crippen molar-refractivity contribution in [3.8, 4) is 11.6 Å². The number of aromatic nitrogens is 5. The monoisotopic (exact) mass is 469 g/mol. The summed E-state index contributed by atoms with van der Waals surface area (Å²) in [5.41, 5.74) is 3.53. The van der Waals surface area contributed by atoms with Crippen LogP contribution in [-0.4, -0.2) is 54.9 Å². The van der Waals surface area contributed by atoms with Crippen LogP contribution in [0.25, 0.3) is 22.5 Å². The number of β-amino-alcohol motifs (C(OH)–C–C–N with tert-alkyl or cyclic N) is 1. The van der Waals surface area contributed by atoms with Gasteiger partial charge in [0.2, 0.25) is 11.8 Å². The summed E-state index contributed by atoms with van der Waals surface area (Å²) in [5, 5.41) is 18.3. The van der Waals surface area contributed by atoms with Gasteiger partial charge in [-0.1, -0.05) is 0 Å². The van der Waals surface area contributed by atoms with E-state index in [-0.39, 0.29) is 30.8 Å². The molecule has 3 aromatic heterocycles. The van der Waals surface area contributed by atoms with Gasteiger partial charge < -0.3 is 19.7 Å². The Kier molecular flexibility index (Phi) is 6.30. The van der Waals surface area contributed by atoms with Crippen LogP contribution < -0.4 is 10.2 Å². The van der Waals surface area contributed by atoms with Gasteiger partial charge in [-0.25, -0.2) is 15.0 Å². The molecule has 33 heavy (non-hydrogen) atoms. The number of hydrogen-bond donors (Lipinski definition) is 2. The largest absolute Gasteiger partial charge is 0.443 e. The summed E-state index contributed by atoms with van der Waals surface area (Å²) in [5.74, 6) is 0.748. The Morgan fingerprint density at radius 3 is 2.94 bits per heavy atom. The summed E-state index contributed by atoms with van der Waals surface area (Å²) in [6, 6.07) is 5.63. The van der Waals surface area contributed by atoms with Crippen molar-refractivity contribution in [2.24, 2.45) is 7.05 Å². The molecule has 1 aliphatic heterocycles. The van der Waals surface area contributed by atoms with E-state index in [4.69, 9.17) is 4.42 Å². The van der Waals surface area contributed by atoms with E-state index in [9.17, 15) is 9.90 Å². The van der Waals surface area contributed by atoms with Gasteiger partial charge >= 0.3 is 0 Å². The van der Waals surface area contributed by atoms with Crippen LogP contribution in [0.3, 0.4) is 0 Å². The molecule has 11 heteroatoms. The highest BCUT2D eigenvalue weighted by Gasteiger charge is 2.24. The molecule has 0 spiro atoms. The van der Waals surface area contributed by atoms with Gasteiger partial charge in [0.15, 0.2) is 0 Å². The molecule has 1 atom stereocenters. The fourth-order valence-electron chi connectivity index (χ4n) is 3.95. The highest BCUT2D eigenvalue weighted by molar-refractivity contribution is 5.99. The van der Waals surface area contributed by atoms with E-state index in [1.54, 1.807) is 30.1 Å². The van der Waals surface area contributed by atoms with Crippen LogP contribution in [0.4, 0.5) is 11.4 Å². The first-order chi connectivity index (χ1) is 15.5. The first-order valence-corrected chi connectivity index (χ1v) is 10.4. The van der Waals surface area contributed by atoms with Crippen LogP contribution in [0.5, 0.6) is 0 Å². The highest BCUT2D eigenvalue weighted by atomic mass is 35.5. The number of halogens is 1. The minimum absolute atomic E-state index is 0. The molecule has 2 N–H and O–H groups in total. The number of aryl methyl sites for hydroxylation is 2. The molecule has 0 bridgehead atoms. The SMILES string of the molecule is Cc1nccc(-c2nc(CC(=O)Nc3cc4c(cnn4C)cc3N3CC[C@H](O)C3)co2)n1.Cl. The van der Waals surface area contributed by atoms with Crippen LogP contribution in [0, 0.1) is 6.92 Å². The molecule has 0 radical (unpaired) electrons. The van der Waals surface area contributed by atoms with Gasteiger partial charge in [-0.15, -0.1) is 12.4 Å². The molecule has 4 aromatic rings. The Morgan fingerprint density at radius 1 is 1.33 bits per heavy atom. The quantitative estimate of drug-likeness (QED) is 0.457. The van der Waals surface area contributed by atoms with Crippen molar-refractivity contribution < 1.29 is 14.3 Å². The van der Waals surface area contributed by atoms with E-state index >= 15 is 0 Å². The van der Waals surface area contributed by atoms with Crippen LogP contribution in [0.2, 0.25) is 0 Å². The lowest BCUT2D eigenvalue weighted by Gasteiger charge is -2.22. The molecule has 1 amide bonds. The molecule has 0 unspecified atom stereocenters. The van der Waals surface area contributed by atoms with Gasteiger partial charge in [-0.2, -0.15) is 5.10 Å². The molecule has 0 saturated carbocycles. The maximum absolute atomic E-state index is 12.9. The molecule has 0 aliphatic carbocycles. The molecule has 1 aliphatic rings. The van der Waals surface area contributed by atoms with Gasteiger partial charge in [0.05, 0.1) is 41.3 Å². The minimum atomic E-state index is -0.373. The number of hydrogen-bond acceptors (Lipinski definition) is 8. The molecule has 1 saturated heterocycles. The normalized spacial score (nSPS) is 15.6. The number of oxazole rings is 1. The number of aliphatic hydroxyl groups excluding tert-OH is 1. The Balaban J connectivity index is 0.00000259. The van der Waals surface area contributed by atoms with Crippen LogP contribution in [-0.2, 0) is 18.3 Å². The zero-order valence-corrected chi connectivity index (χ0v) is 19.0. The smallest absolute Gasteiger partial charge is 0.245 e. The van der Waals surface area contributed by atoms with E-state index < -0.39 is 0 Å². The lowest BCUT2D eigenvalue weighted by atomic mass is 10.1. The molecule has 4 heterocycles. The Labute approximate surface area is 196 Å². The molecular weight excluding hydrogens is 446 g/mol. The lowest BCUT2D eigenvalue weighted by Crippen LogP contribution is -2.24. The van der Waals surface area contributed by atoms with Crippen molar-refractivity contribution in [3.63, 3.8) is 0 Å². The van der Waals surface area contributed by atoms with Crippen molar-refractivity contribution in [3.05, 3.63) is 48.4 Å². The molecule has 172 valence electrons. The third kappa shape index (κ3) is 4.67. The first kappa shape index (κ1) is 22.7. The second-order valence-corrected chi connectivity index (χ2v) is 7.94. The van der Waals surface area contributed by atoms with Crippen molar-refractivity contribution >= 4 is 40.6 Å². The number of aliphatic hydroxyl groups is 1. The van der Waals surface area contributed by atoms with E-state index in [0.717, 1.165) is 23.1 Å². The molecule has 1 aromatic carbocycles. The number of rotatable bonds is 5. The van der Waals surface area contributed by atoms with Crippen LogP contribution in [0.15, 0.2) is 41.3 Å². The van der Waals surface area contributed by atoms with Gasteiger partial charge in [0, 0.05) is 31.7 Å². The van der Waals surface area contributed by atoms with E-state index in [0.29, 0.717) is 41.8 Å². The fraction of sp³-hybridized carbons (Fsp3) is 0.318. The fourth-order valence-corrected chi connectivity index (χ4v) is 3.95. The van der Waals surface area contributed by atoms with Gasteiger partial charge in [0.1, 0.15) is 17.8 Å². The third-order valence-corrected chi connectivity index (χ3v) is 5.53. The number of nitrogens with zero attached hydrogens (tertiary/aromatic N) is 6. The molecule has 5 rings (SSSR count). The number of anilines is 2. The van der Waals surface area contributed by atoms with Crippen LogP contribution in [0.1, 0.15) is 17.9 Å². The zero-order chi connectivity index (χ0) is 22.2. The Morgan fingerprint density at radius 2 is 2.18 bits per heavy atom. The summed E-state index contributed by atoms with van der Waals surface area (Å²) < 4.78 is 7.27. The second-order valence-electron chi connectivity index (χ2n) is 7.94. The first-order valence-electron chi connectivity index (χ1n) is 10.4. The van der Waals surface area contributed by atoms with E-state index in [2.05, 4.69) is 30.3 Å². The Bertz CT molecular complexity index is 1300. The lowest BCUT2D eigenvalue weighted by molar-refractivity contribution is -0.115. The molecule has 1 fully saturated rings. The number of fused-ring (bicyclic) bond motifs is 1. The maximum atomic E-state index is 12.9. The number of carbonyl (C=O) groups excluding carboxylic acids is 1. The zero-order valence-electron chi connectivity index (χ0n) is 18.2. The standard InChI is InChI=1S/C22H23N7O3.ClH/c1-13-23-5-3-17(25-13)22-26-15(12-32-22)8-21(31)27-18-9-19-14(10-24-28(19)2)7-20(18)29-6-4-16(30)11-29;/h3,5,7,9-10,12,16,30H,4,6,8,11H2,1-2H3,(H,27,31);1H/t16-;/m0./s1. The topological polar surface area (TPSA) is 122 Å². The molecular formula is C22H24ClN7O3. The number of carbonyl (C=O) groups is 1. The summed E-state index contributed by atoms with van der Waals surface area (Å²) in [7, 11) is 1.86. The van der Waals surface area contributed by atoms with Gasteiger partial charge in [-0.3, -0.25) is 9.48 Å². The number of benzene rings is 1. The molecule has 10 nitrogen and oxygen atoms in total. The van der Waals surface area contributed by atoms with Gasteiger partial charge in [-0.05, 0) is 31.5 Å². The summed E-state index contributed by atoms with van der Waals surface area (Å²) in [4.78, 5) is 27.7. The Hall–Kier alpha value is -3.50. The van der Waals surface area contributed by atoms with Crippen molar-refractivity contribution in [1.82, 2.24) is 24.7 Å². The number of amides is 1. The average molecular weight is 470 g/mol. The summed E-state index contributed by atoms with van der Waals surface area (Å²) in [6.07, 6.45) is 5.28. The van der Waals surface area contributed by atoms with E-state index in [1.807, 2.05) is 19.2 Å². The predicted octanol–water partition coefficient (Wildman–Crippen LogP) is 2.50. The number of nitrogens with one attached hydrogen (secondary N) is 1. The average Bonchev–Trinajstić information content (AvgIpc) is 3.49. The van der Waals surface area contributed by atoms with Crippen molar-refractivity contribution in [2.75, 3.05) is 23.3 Å².